The third-order valence-corrected chi connectivity index (χ3v) is 0.287. The van der Waals surface area contributed by atoms with Crippen LogP contribution in [0.25, 0.3) is 0 Å². The second kappa shape index (κ2) is 3.04. The van der Waals surface area contributed by atoms with E-state index in [1.165, 1.54) is 0 Å². The first-order valence-electron chi connectivity index (χ1n) is 1.59. The largest absolute Gasteiger partial charge is 0.436 e. The summed E-state index contributed by atoms with van der Waals surface area (Å²) < 4.78 is 4.03. The minimum atomic E-state index is -0.875. The van der Waals surface area contributed by atoms with Gasteiger partial charge in [0.2, 0.25) is 0 Å². The molecule has 0 aliphatic carbocycles. The highest BCUT2D eigenvalue weighted by atomic mass is 16.5. The number of nitrogens with two attached hydrogens (primary N) is 1. The monoisotopic (exact) mass is 98.0 g/mol. The van der Waals surface area contributed by atoms with Crippen molar-refractivity contribution in [2.75, 3.05) is 6.61 Å². The Morgan fingerprint density at radius 2 is 2.57 bits per heavy atom. The van der Waals surface area contributed by atoms with Crippen molar-refractivity contribution in [3.63, 3.8) is 0 Å². The number of carbonyl (C=O) groups excluding carboxylic acids is 1. The van der Waals surface area contributed by atoms with E-state index in [-0.39, 0.29) is 6.61 Å². The van der Waals surface area contributed by atoms with Crippen molar-refractivity contribution < 1.29 is 9.53 Å². The molecule has 37 valence electrons. The number of ether oxygens (including phenoxy) is 1. The van der Waals surface area contributed by atoms with Crippen LogP contribution in [0.4, 0.5) is 4.79 Å². The number of amides is 1. The van der Waals surface area contributed by atoms with E-state index in [9.17, 15) is 4.79 Å². The molecular weight excluding hydrogens is 94.0 g/mol. The molecule has 0 saturated carbocycles. The molecule has 0 aromatic carbocycles. The Morgan fingerprint density at radius 1 is 2.00 bits per heavy atom. The highest BCUT2D eigenvalue weighted by Crippen LogP contribution is 1.66. The molecule has 0 unspecified atom stereocenters. The number of rotatable bonds is 1. The Balaban J connectivity index is 3.02. The van der Waals surface area contributed by atoms with Gasteiger partial charge in [-0.2, -0.15) is 0 Å². The van der Waals surface area contributed by atoms with Gasteiger partial charge in [-0.25, -0.2) is 4.79 Å². The Labute approximate surface area is 41.4 Å². The average Bonchev–Trinajstić information content (AvgIpc) is 1.61. The molecule has 1 radical (unpaired) electrons. The van der Waals surface area contributed by atoms with Crippen molar-refractivity contribution >= 4 is 6.09 Å². The zero-order valence-corrected chi connectivity index (χ0v) is 3.60. The maximum absolute atomic E-state index is 9.63. The van der Waals surface area contributed by atoms with Crippen LogP contribution < -0.4 is 5.73 Å². The van der Waals surface area contributed by atoms with Crippen LogP contribution in [0, 0.1) is 12.3 Å². The van der Waals surface area contributed by atoms with E-state index in [0.29, 0.717) is 0 Å². The van der Waals surface area contributed by atoms with Gasteiger partial charge in [0.05, 0.1) is 0 Å². The van der Waals surface area contributed by atoms with Crippen molar-refractivity contribution in [2.45, 2.75) is 0 Å². The van der Waals surface area contributed by atoms with E-state index in [0.717, 1.165) is 0 Å². The lowest BCUT2D eigenvalue weighted by Crippen LogP contribution is -2.12. The van der Waals surface area contributed by atoms with Gasteiger partial charge in [0.15, 0.2) is 6.61 Å². The fourth-order valence-electron chi connectivity index (χ4n) is 0.107. The molecule has 0 heterocycles. The molecule has 0 aliphatic rings. The van der Waals surface area contributed by atoms with Gasteiger partial charge in [-0.1, -0.05) is 0 Å². The number of hydrogen-bond donors (Lipinski definition) is 1. The lowest BCUT2D eigenvalue weighted by atomic mass is 10.8. The normalized spacial score (nSPS) is 6.71. The lowest BCUT2D eigenvalue weighted by molar-refractivity contribution is 0.171. The summed E-state index contributed by atoms with van der Waals surface area (Å²) in [5.41, 5.74) is 4.49. The van der Waals surface area contributed by atoms with E-state index in [1.807, 2.05) is 5.92 Å². The van der Waals surface area contributed by atoms with Crippen LogP contribution in [0.3, 0.4) is 0 Å². The minimum Gasteiger partial charge on any atom is -0.436 e. The van der Waals surface area contributed by atoms with Gasteiger partial charge in [0, 0.05) is 0 Å². The first-order valence-corrected chi connectivity index (χ1v) is 1.59. The van der Waals surface area contributed by atoms with Gasteiger partial charge in [-0.05, 0) is 12.3 Å². The summed E-state index contributed by atoms with van der Waals surface area (Å²) in [5, 5.41) is 0. The fraction of sp³-hybridized carbons (Fsp3) is 0.250. The van der Waals surface area contributed by atoms with E-state index >= 15 is 0 Å². The van der Waals surface area contributed by atoms with Crippen LogP contribution in [-0.2, 0) is 4.74 Å². The number of carbonyl (C=O) groups is 1. The molecule has 0 rings (SSSR count). The molecule has 0 aliphatic heterocycles. The summed E-state index contributed by atoms with van der Waals surface area (Å²) in [4.78, 5) is 9.63. The Kier molecular flexibility index (Phi) is 2.53. The third-order valence-electron chi connectivity index (χ3n) is 0.287. The summed E-state index contributed by atoms with van der Waals surface area (Å²) in [6, 6.07) is 0. The molecule has 1 amide bonds. The van der Waals surface area contributed by atoms with Crippen LogP contribution in [0.1, 0.15) is 0 Å². The van der Waals surface area contributed by atoms with E-state index < -0.39 is 6.09 Å². The molecule has 0 atom stereocenters. The average molecular weight is 98.1 g/mol. The van der Waals surface area contributed by atoms with Crippen molar-refractivity contribution in [3.05, 3.63) is 6.42 Å². The molecular formula is C4H4NO2. The number of primary amides is 1. The maximum Gasteiger partial charge on any atom is 0.405 e. The highest BCUT2D eigenvalue weighted by Gasteiger charge is 1.84. The smallest absolute Gasteiger partial charge is 0.405 e. The van der Waals surface area contributed by atoms with Crippen LogP contribution >= 0.6 is 0 Å². The molecule has 0 spiro atoms. The highest BCUT2D eigenvalue weighted by molar-refractivity contribution is 5.64. The van der Waals surface area contributed by atoms with Crippen LogP contribution in [-0.4, -0.2) is 12.7 Å². The summed E-state index contributed by atoms with van der Waals surface area (Å²) in [5.74, 6) is 1.83. The molecule has 3 nitrogen and oxygen atoms in total. The third kappa shape index (κ3) is 4.83. The Morgan fingerprint density at radius 3 is 2.71 bits per heavy atom. The Bertz CT molecular complexity index is 103. The van der Waals surface area contributed by atoms with E-state index in [4.69, 9.17) is 6.42 Å². The minimum absolute atomic E-state index is 0.157. The van der Waals surface area contributed by atoms with Gasteiger partial charge in [0.1, 0.15) is 0 Å². The van der Waals surface area contributed by atoms with Gasteiger partial charge in [-0.3, -0.25) is 0 Å². The fourth-order valence-corrected chi connectivity index (χ4v) is 0.107. The summed E-state index contributed by atoms with van der Waals surface area (Å²) in [6.45, 7) is -0.157. The van der Waals surface area contributed by atoms with E-state index in [2.05, 4.69) is 10.5 Å². The van der Waals surface area contributed by atoms with Gasteiger partial charge >= 0.3 is 6.09 Å². The van der Waals surface area contributed by atoms with E-state index in [1.54, 1.807) is 0 Å². The quantitative estimate of drug-likeness (QED) is 0.456. The maximum atomic E-state index is 9.63. The molecule has 0 aromatic heterocycles. The van der Waals surface area contributed by atoms with Crippen LogP contribution in [0.2, 0.25) is 0 Å². The standard InChI is InChI=1S/C4H4NO2/c1-2-3-7-4(5)6/h3H2,(H2,5,6). The van der Waals surface area contributed by atoms with Gasteiger partial charge < -0.3 is 10.5 Å². The van der Waals surface area contributed by atoms with Gasteiger partial charge in [-0.15, -0.1) is 0 Å². The second-order valence-corrected chi connectivity index (χ2v) is 0.784. The van der Waals surface area contributed by atoms with Crippen molar-refractivity contribution in [3.8, 4) is 5.92 Å². The molecule has 0 bridgehead atoms. The lowest BCUT2D eigenvalue weighted by Gasteiger charge is -1.88. The van der Waals surface area contributed by atoms with Crippen molar-refractivity contribution in [2.24, 2.45) is 5.73 Å². The number of hydrogen-bond acceptors (Lipinski definition) is 2. The van der Waals surface area contributed by atoms with Crippen LogP contribution in [0.5, 0.6) is 0 Å². The molecule has 2 N–H and O–H groups in total. The zero-order valence-electron chi connectivity index (χ0n) is 3.60. The molecule has 0 saturated heterocycles. The summed E-state index contributed by atoms with van der Waals surface area (Å²) in [7, 11) is 0. The summed E-state index contributed by atoms with van der Waals surface area (Å²) >= 11 is 0. The topological polar surface area (TPSA) is 52.3 Å². The SMILES string of the molecule is [C]#CCOC(N)=O. The predicted molar refractivity (Wildman–Crippen MR) is 22.7 cm³/mol. The predicted octanol–water partition coefficient (Wildman–Crippen LogP) is -0.329. The van der Waals surface area contributed by atoms with Crippen molar-refractivity contribution in [1.82, 2.24) is 0 Å². The molecule has 3 heteroatoms. The summed E-state index contributed by atoms with van der Waals surface area (Å²) in [6.07, 6.45) is 5.34. The van der Waals surface area contributed by atoms with Gasteiger partial charge in [0.25, 0.3) is 0 Å². The molecule has 7 heavy (non-hydrogen) atoms. The first kappa shape index (κ1) is 5.83. The zero-order chi connectivity index (χ0) is 5.70. The molecule has 0 fully saturated rings. The molecule has 0 aromatic rings. The Hall–Kier alpha value is -1.17. The first-order chi connectivity index (χ1) is 3.27. The van der Waals surface area contributed by atoms with Crippen LogP contribution in [0.15, 0.2) is 0 Å². The van der Waals surface area contributed by atoms with Crippen molar-refractivity contribution in [1.29, 1.82) is 0 Å². The second-order valence-electron chi connectivity index (χ2n) is 0.784.